The van der Waals surface area contributed by atoms with Crippen LogP contribution in [-0.4, -0.2) is 17.8 Å². The molecule has 0 saturated heterocycles. The van der Waals surface area contributed by atoms with Crippen LogP contribution in [0.3, 0.4) is 0 Å². The summed E-state index contributed by atoms with van der Waals surface area (Å²) in [5, 5.41) is 7.89. The summed E-state index contributed by atoms with van der Waals surface area (Å²) in [6.07, 6.45) is 0.902. The number of ether oxygens (including phenoxy) is 1. The third-order valence-electron chi connectivity index (χ3n) is 0.509. The van der Waals surface area contributed by atoms with Gasteiger partial charge < -0.3 is 9.94 Å². The van der Waals surface area contributed by atoms with Crippen molar-refractivity contribution in [3.63, 3.8) is 0 Å². The van der Waals surface area contributed by atoms with E-state index < -0.39 is 0 Å². The van der Waals surface area contributed by atoms with Gasteiger partial charge >= 0.3 is 5.97 Å². The highest BCUT2D eigenvalue weighted by Gasteiger charge is 1.85. The molecule has 5 nitrogen and oxygen atoms in total. The lowest BCUT2D eigenvalue weighted by Gasteiger charge is -1.93. The third-order valence-corrected chi connectivity index (χ3v) is 0.509. The van der Waals surface area contributed by atoms with Crippen molar-refractivity contribution in [3.05, 3.63) is 4.91 Å². The van der Waals surface area contributed by atoms with E-state index in [1.165, 1.54) is 12.3 Å². The van der Waals surface area contributed by atoms with Gasteiger partial charge in [-0.15, -0.1) is 4.91 Å². The first kappa shape index (κ1) is 11.6. The van der Waals surface area contributed by atoms with Crippen LogP contribution in [-0.2, 0) is 9.53 Å². The van der Waals surface area contributed by atoms with Crippen LogP contribution >= 0.6 is 0 Å². The van der Waals surface area contributed by atoms with E-state index in [0.29, 0.717) is 6.61 Å². The highest BCUT2D eigenvalue weighted by Crippen LogP contribution is 1.78. The highest BCUT2D eigenvalue weighted by atomic mass is 16.6. The Kier molecular flexibility index (Phi) is 12.5. The molecule has 0 aliphatic carbocycles. The predicted molar refractivity (Wildman–Crippen MR) is 34.5 cm³/mol. The van der Waals surface area contributed by atoms with Crippen molar-refractivity contribution in [2.45, 2.75) is 20.3 Å². The Labute approximate surface area is 58.9 Å². The summed E-state index contributed by atoms with van der Waals surface area (Å²) in [5.41, 5.74) is 0. The molecular formula is C5H11NO4. The summed E-state index contributed by atoms with van der Waals surface area (Å²) in [6, 6.07) is 0. The molecule has 0 aromatic heterocycles. The molecule has 0 unspecified atom stereocenters. The fourth-order valence-corrected chi connectivity index (χ4v) is 0.246. The molecule has 0 aromatic carbocycles. The quantitative estimate of drug-likeness (QED) is 0.362. The smallest absolute Gasteiger partial charge is 0.302 e. The lowest BCUT2D eigenvalue weighted by atomic mass is 10.5. The molecule has 0 radical (unpaired) electrons. The maximum Gasteiger partial charge on any atom is 0.302 e. The lowest BCUT2D eigenvalue weighted by molar-refractivity contribution is -0.140. The zero-order valence-electron chi connectivity index (χ0n) is 6.03. The van der Waals surface area contributed by atoms with Gasteiger partial charge in [0.15, 0.2) is 5.34 Å². The van der Waals surface area contributed by atoms with Crippen molar-refractivity contribution in [2.75, 3.05) is 6.61 Å². The minimum absolute atomic E-state index is 0.193. The van der Waals surface area contributed by atoms with Crippen LogP contribution in [0.25, 0.3) is 0 Å². The number of carbonyl (C=O) groups is 1. The number of esters is 1. The second kappa shape index (κ2) is 10.8. The van der Waals surface area contributed by atoms with Crippen molar-refractivity contribution in [2.24, 2.45) is 5.34 Å². The van der Waals surface area contributed by atoms with Gasteiger partial charge in [0.25, 0.3) is 0 Å². The molecule has 0 heterocycles. The number of hydrogen-bond acceptors (Lipinski definition) is 4. The van der Waals surface area contributed by atoms with E-state index in [9.17, 15) is 4.79 Å². The van der Waals surface area contributed by atoms with Gasteiger partial charge in [-0.1, -0.05) is 6.92 Å². The zero-order valence-corrected chi connectivity index (χ0v) is 6.03. The molecular weight excluding hydrogens is 138 g/mol. The van der Waals surface area contributed by atoms with Gasteiger partial charge in [0, 0.05) is 6.92 Å². The summed E-state index contributed by atoms with van der Waals surface area (Å²) < 4.78 is 4.55. The fraction of sp³-hybridized carbons (Fsp3) is 0.800. The molecule has 0 aromatic rings. The minimum atomic E-state index is -0.193. The Hall–Kier alpha value is -1.13. The molecule has 0 amide bonds. The fourth-order valence-electron chi connectivity index (χ4n) is 0.246. The molecule has 5 heteroatoms. The van der Waals surface area contributed by atoms with Gasteiger partial charge in [-0.25, -0.2) is 0 Å². The third kappa shape index (κ3) is 28.7. The molecule has 1 N–H and O–H groups in total. The summed E-state index contributed by atoms with van der Waals surface area (Å²) in [5.74, 6) is -0.193. The van der Waals surface area contributed by atoms with Gasteiger partial charge in [0.05, 0.1) is 6.61 Å². The average Bonchev–Trinajstić information content (AvgIpc) is 1.85. The lowest BCUT2D eigenvalue weighted by Crippen LogP contribution is -1.98. The molecule has 0 aliphatic heterocycles. The molecule has 10 heavy (non-hydrogen) atoms. The van der Waals surface area contributed by atoms with Crippen LogP contribution in [0, 0.1) is 4.91 Å². The first-order valence-electron chi connectivity index (χ1n) is 2.79. The van der Waals surface area contributed by atoms with E-state index in [4.69, 9.17) is 10.1 Å². The second-order valence-electron chi connectivity index (χ2n) is 1.42. The van der Waals surface area contributed by atoms with Crippen LogP contribution in [0.5, 0.6) is 0 Å². The maximum absolute atomic E-state index is 9.98. The standard InChI is InChI=1S/C5H10O2.HNO2/c1-3-4-7-5(2)6;2-1-3/h3-4H2,1-2H3;(H,2,3). The minimum Gasteiger partial charge on any atom is -0.466 e. The number of carbonyl (C=O) groups excluding carboxylic acids is 1. The Bertz CT molecular complexity index is 93.6. The van der Waals surface area contributed by atoms with Crippen molar-refractivity contribution in [3.8, 4) is 0 Å². The molecule has 0 saturated carbocycles. The summed E-state index contributed by atoms with van der Waals surface area (Å²) in [6.45, 7) is 3.92. The number of nitrogens with zero attached hydrogens (tertiary/aromatic N) is 1. The van der Waals surface area contributed by atoms with E-state index in [0.717, 1.165) is 6.42 Å². The van der Waals surface area contributed by atoms with Crippen LogP contribution in [0.15, 0.2) is 5.34 Å². The largest absolute Gasteiger partial charge is 0.466 e. The second-order valence-corrected chi connectivity index (χ2v) is 1.42. The van der Waals surface area contributed by atoms with Crippen molar-refractivity contribution >= 4 is 5.97 Å². The van der Waals surface area contributed by atoms with Gasteiger partial charge in [-0.3, -0.25) is 4.79 Å². The van der Waals surface area contributed by atoms with E-state index in [-0.39, 0.29) is 5.97 Å². The summed E-state index contributed by atoms with van der Waals surface area (Å²) in [7, 11) is 0. The molecule has 0 atom stereocenters. The normalized spacial score (nSPS) is 7.00. The molecule has 60 valence electrons. The SMILES string of the molecule is CCCOC(C)=O.O=NO. The monoisotopic (exact) mass is 149 g/mol. The van der Waals surface area contributed by atoms with Crippen molar-refractivity contribution in [1.82, 2.24) is 0 Å². The topological polar surface area (TPSA) is 76.0 Å². The van der Waals surface area contributed by atoms with Crippen LogP contribution in [0.2, 0.25) is 0 Å². The first-order chi connectivity index (χ1) is 4.68. The molecule has 0 bridgehead atoms. The highest BCUT2D eigenvalue weighted by molar-refractivity contribution is 5.65. The Balaban J connectivity index is 0. The maximum atomic E-state index is 9.98. The van der Waals surface area contributed by atoms with Crippen LogP contribution in [0.4, 0.5) is 0 Å². The molecule has 0 aliphatic rings. The van der Waals surface area contributed by atoms with Crippen LogP contribution in [0.1, 0.15) is 20.3 Å². The molecule has 0 rings (SSSR count). The summed E-state index contributed by atoms with van der Waals surface area (Å²) >= 11 is 0. The number of hydrogen-bond donors (Lipinski definition) is 1. The van der Waals surface area contributed by atoms with Crippen LogP contribution < -0.4 is 0 Å². The van der Waals surface area contributed by atoms with Crippen molar-refractivity contribution in [1.29, 1.82) is 0 Å². The van der Waals surface area contributed by atoms with Crippen molar-refractivity contribution < 1.29 is 14.7 Å². The van der Waals surface area contributed by atoms with Gasteiger partial charge in [-0.05, 0) is 6.42 Å². The van der Waals surface area contributed by atoms with E-state index in [1.807, 2.05) is 6.92 Å². The predicted octanol–water partition coefficient (Wildman–Crippen LogP) is 1.10. The van der Waals surface area contributed by atoms with Gasteiger partial charge in [0.2, 0.25) is 0 Å². The first-order valence-corrected chi connectivity index (χ1v) is 2.79. The molecule has 0 spiro atoms. The Morgan fingerprint density at radius 3 is 2.20 bits per heavy atom. The Morgan fingerprint density at radius 2 is 2.10 bits per heavy atom. The Morgan fingerprint density at radius 1 is 1.70 bits per heavy atom. The zero-order chi connectivity index (χ0) is 8.41. The summed E-state index contributed by atoms with van der Waals surface area (Å²) in [4.78, 5) is 18.1. The molecule has 0 fully saturated rings. The van der Waals surface area contributed by atoms with E-state index in [1.54, 1.807) is 0 Å². The average molecular weight is 149 g/mol. The van der Waals surface area contributed by atoms with E-state index in [2.05, 4.69) is 4.74 Å². The number of rotatable bonds is 2. The van der Waals surface area contributed by atoms with Gasteiger partial charge in [0.1, 0.15) is 0 Å². The van der Waals surface area contributed by atoms with E-state index >= 15 is 0 Å². The van der Waals surface area contributed by atoms with Gasteiger partial charge in [-0.2, -0.15) is 0 Å².